The highest BCUT2D eigenvalue weighted by atomic mass is 16.3. The standard InChI is InChI=1S/C11H17NO2/c1-11(2,3)10(12)7-5-4-6-8(13)9(7)14/h4-6,10,13-14H,12H2,1-3H3/t10-/m1/s1. The third-order valence-corrected chi connectivity index (χ3v) is 2.31. The summed E-state index contributed by atoms with van der Waals surface area (Å²) >= 11 is 0. The zero-order valence-electron chi connectivity index (χ0n) is 8.78. The largest absolute Gasteiger partial charge is 0.504 e. The molecule has 0 unspecified atom stereocenters. The van der Waals surface area contributed by atoms with Gasteiger partial charge in [0.05, 0.1) is 0 Å². The van der Waals surface area contributed by atoms with Crippen LogP contribution in [0.4, 0.5) is 0 Å². The van der Waals surface area contributed by atoms with Gasteiger partial charge in [0.2, 0.25) is 0 Å². The van der Waals surface area contributed by atoms with Crippen molar-refractivity contribution in [1.82, 2.24) is 0 Å². The van der Waals surface area contributed by atoms with E-state index in [4.69, 9.17) is 5.73 Å². The van der Waals surface area contributed by atoms with Crippen molar-refractivity contribution in [3.63, 3.8) is 0 Å². The van der Waals surface area contributed by atoms with Crippen LogP contribution in [0, 0.1) is 5.41 Å². The van der Waals surface area contributed by atoms with Crippen LogP contribution in [0.2, 0.25) is 0 Å². The summed E-state index contributed by atoms with van der Waals surface area (Å²) in [4.78, 5) is 0. The Balaban J connectivity index is 3.14. The lowest BCUT2D eigenvalue weighted by atomic mass is 9.82. The van der Waals surface area contributed by atoms with Gasteiger partial charge in [0.15, 0.2) is 11.5 Å². The van der Waals surface area contributed by atoms with Crippen LogP contribution >= 0.6 is 0 Å². The number of hydrogen-bond donors (Lipinski definition) is 3. The summed E-state index contributed by atoms with van der Waals surface area (Å²) in [6.07, 6.45) is 0. The van der Waals surface area contributed by atoms with Gasteiger partial charge in [-0.3, -0.25) is 0 Å². The van der Waals surface area contributed by atoms with Crippen LogP contribution in [0.15, 0.2) is 18.2 Å². The minimum atomic E-state index is -0.297. The second kappa shape index (κ2) is 3.50. The highest BCUT2D eigenvalue weighted by Crippen LogP contribution is 2.38. The molecule has 1 aromatic carbocycles. The average Bonchev–Trinajstić information content (AvgIpc) is 2.07. The van der Waals surface area contributed by atoms with Gasteiger partial charge < -0.3 is 15.9 Å². The lowest BCUT2D eigenvalue weighted by Crippen LogP contribution is -2.26. The van der Waals surface area contributed by atoms with Crippen molar-refractivity contribution in [2.75, 3.05) is 0 Å². The van der Waals surface area contributed by atoms with Gasteiger partial charge in [-0.05, 0) is 11.5 Å². The zero-order valence-corrected chi connectivity index (χ0v) is 8.78. The highest BCUT2D eigenvalue weighted by molar-refractivity contribution is 5.46. The molecule has 0 aliphatic heterocycles. The smallest absolute Gasteiger partial charge is 0.162 e. The van der Waals surface area contributed by atoms with Gasteiger partial charge in [0.1, 0.15) is 0 Å². The summed E-state index contributed by atoms with van der Waals surface area (Å²) in [5.74, 6) is -0.239. The molecule has 3 nitrogen and oxygen atoms in total. The van der Waals surface area contributed by atoms with E-state index in [1.807, 2.05) is 20.8 Å². The predicted molar refractivity (Wildman–Crippen MR) is 56.2 cm³/mol. The van der Waals surface area contributed by atoms with Crippen LogP contribution in [0.25, 0.3) is 0 Å². The molecule has 0 radical (unpaired) electrons. The molecule has 0 saturated carbocycles. The lowest BCUT2D eigenvalue weighted by Gasteiger charge is -2.27. The topological polar surface area (TPSA) is 66.5 Å². The van der Waals surface area contributed by atoms with E-state index in [1.165, 1.54) is 6.07 Å². The van der Waals surface area contributed by atoms with Crippen LogP contribution in [0.3, 0.4) is 0 Å². The predicted octanol–water partition coefficient (Wildman–Crippen LogP) is 2.14. The molecule has 1 rings (SSSR count). The van der Waals surface area contributed by atoms with E-state index in [0.29, 0.717) is 5.56 Å². The first kappa shape index (κ1) is 10.9. The normalized spacial score (nSPS) is 14.0. The van der Waals surface area contributed by atoms with Crippen molar-refractivity contribution in [3.05, 3.63) is 23.8 Å². The molecular formula is C11H17NO2. The molecule has 0 aromatic heterocycles. The van der Waals surface area contributed by atoms with Crippen molar-refractivity contribution in [2.24, 2.45) is 11.1 Å². The minimum absolute atomic E-state index is 0.116. The maximum absolute atomic E-state index is 9.60. The van der Waals surface area contributed by atoms with Gasteiger partial charge in [0.25, 0.3) is 0 Å². The second-order valence-electron chi connectivity index (χ2n) is 4.56. The molecule has 0 aliphatic carbocycles. The number of benzene rings is 1. The monoisotopic (exact) mass is 195 g/mol. The Kier molecular flexibility index (Phi) is 2.71. The third-order valence-electron chi connectivity index (χ3n) is 2.31. The van der Waals surface area contributed by atoms with Crippen molar-refractivity contribution < 1.29 is 10.2 Å². The SMILES string of the molecule is CC(C)(C)[C@H](N)c1cccc(O)c1O. The Labute approximate surface area is 84.2 Å². The Hall–Kier alpha value is -1.22. The number of phenols is 2. The van der Waals surface area contributed by atoms with E-state index in [-0.39, 0.29) is 23.0 Å². The Morgan fingerprint density at radius 3 is 2.29 bits per heavy atom. The number of para-hydroxylation sites is 1. The third kappa shape index (κ3) is 1.99. The first-order valence-electron chi connectivity index (χ1n) is 4.60. The second-order valence-corrected chi connectivity index (χ2v) is 4.56. The molecular weight excluding hydrogens is 178 g/mol. The van der Waals surface area contributed by atoms with Crippen molar-refractivity contribution in [3.8, 4) is 11.5 Å². The molecule has 0 spiro atoms. The maximum Gasteiger partial charge on any atom is 0.162 e. The average molecular weight is 195 g/mol. The van der Waals surface area contributed by atoms with Crippen LogP contribution in [0.5, 0.6) is 11.5 Å². The van der Waals surface area contributed by atoms with Gasteiger partial charge in [-0.15, -0.1) is 0 Å². The number of rotatable bonds is 1. The summed E-state index contributed by atoms with van der Waals surface area (Å²) in [7, 11) is 0. The molecule has 14 heavy (non-hydrogen) atoms. The lowest BCUT2D eigenvalue weighted by molar-refractivity contribution is 0.313. The van der Waals surface area contributed by atoms with Crippen molar-refractivity contribution >= 4 is 0 Å². The summed E-state index contributed by atoms with van der Waals surface area (Å²) in [6.45, 7) is 5.96. The van der Waals surface area contributed by atoms with E-state index < -0.39 is 0 Å². The van der Waals surface area contributed by atoms with Crippen LogP contribution < -0.4 is 5.73 Å². The number of hydrogen-bond acceptors (Lipinski definition) is 3. The fraction of sp³-hybridized carbons (Fsp3) is 0.455. The molecule has 0 bridgehead atoms. The molecule has 0 amide bonds. The maximum atomic E-state index is 9.60. The van der Waals surface area contributed by atoms with Gasteiger partial charge in [-0.2, -0.15) is 0 Å². The molecule has 1 aromatic rings. The van der Waals surface area contributed by atoms with E-state index in [0.717, 1.165) is 0 Å². The Bertz CT molecular complexity index is 329. The summed E-state index contributed by atoms with van der Waals surface area (Å²) in [6, 6.07) is 4.55. The first-order valence-corrected chi connectivity index (χ1v) is 4.60. The quantitative estimate of drug-likeness (QED) is 0.601. The molecule has 78 valence electrons. The van der Waals surface area contributed by atoms with Gasteiger partial charge >= 0.3 is 0 Å². The number of nitrogens with two attached hydrogens (primary N) is 1. The minimum Gasteiger partial charge on any atom is -0.504 e. The van der Waals surface area contributed by atoms with E-state index >= 15 is 0 Å². The summed E-state index contributed by atoms with van der Waals surface area (Å²) in [5.41, 5.74) is 6.40. The number of aromatic hydroxyl groups is 2. The van der Waals surface area contributed by atoms with Gasteiger partial charge in [0, 0.05) is 11.6 Å². The highest BCUT2D eigenvalue weighted by Gasteiger charge is 2.25. The first-order chi connectivity index (χ1) is 6.34. The van der Waals surface area contributed by atoms with Crippen LogP contribution in [-0.2, 0) is 0 Å². The van der Waals surface area contributed by atoms with Gasteiger partial charge in [-0.25, -0.2) is 0 Å². The fourth-order valence-electron chi connectivity index (χ4n) is 1.27. The zero-order chi connectivity index (χ0) is 10.9. The fourth-order valence-corrected chi connectivity index (χ4v) is 1.27. The number of phenolic OH excluding ortho intramolecular Hbond substituents is 2. The molecule has 4 N–H and O–H groups in total. The molecule has 0 fully saturated rings. The van der Waals surface area contributed by atoms with E-state index in [1.54, 1.807) is 12.1 Å². The molecule has 1 atom stereocenters. The van der Waals surface area contributed by atoms with Crippen LogP contribution in [0.1, 0.15) is 32.4 Å². The molecule has 0 aliphatic rings. The van der Waals surface area contributed by atoms with Gasteiger partial charge in [-0.1, -0.05) is 32.9 Å². The Morgan fingerprint density at radius 2 is 1.79 bits per heavy atom. The van der Waals surface area contributed by atoms with E-state index in [9.17, 15) is 10.2 Å². The molecule has 0 heterocycles. The molecule has 0 saturated heterocycles. The summed E-state index contributed by atoms with van der Waals surface area (Å²) in [5, 5.41) is 18.9. The Morgan fingerprint density at radius 1 is 1.21 bits per heavy atom. The molecule has 3 heteroatoms. The summed E-state index contributed by atoms with van der Waals surface area (Å²) < 4.78 is 0. The van der Waals surface area contributed by atoms with Crippen molar-refractivity contribution in [2.45, 2.75) is 26.8 Å². The van der Waals surface area contributed by atoms with Crippen molar-refractivity contribution in [1.29, 1.82) is 0 Å². The van der Waals surface area contributed by atoms with Crippen LogP contribution in [-0.4, -0.2) is 10.2 Å². The van der Waals surface area contributed by atoms with E-state index in [2.05, 4.69) is 0 Å².